The summed E-state index contributed by atoms with van der Waals surface area (Å²) in [6, 6.07) is 9.70. The molecule has 0 aliphatic heterocycles. The van der Waals surface area contributed by atoms with E-state index >= 15 is 0 Å². The predicted octanol–water partition coefficient (Wildman–Crippen LogP) is 3.77. The number of carboxylic acid groups (broad SMARTS) is 1. The molecule has 1 saturated carbocycles. The number of carboxylic acids is 1. The first-order valence-corrected chi connectivity index (χ1v) is 9.92. The minimum atomic E-state index is -0.944. The van der Waals surface area contributed by atoms with Gasteiger partial charge in [0.05, 0.1) is 12.0 Å². The van der Waals surface area contributed by atoms with Crippen molar-refractivity contribution < 1.29 is 19.4 Å². The molecule has 3 rings (SSSR count). The lowest BCUT2D eigenvalue weighted by atomic mass is 9.94. The second kappa shape index (κ2) is 7.89. The number of alkyl carbamates (subject to hydrolysis) is 1. The Morgan fingerprint density at radius 1 is 1.34 bits per heavy atom. The van der Waals surface area contributed by atoms with E-state index in [1.54, 1.807) is 6.33 Å². The van der Waals surface area contributed by atoms with Gasteiger partial charge >= 0.3 is 12.1 Å². The van der Waals surface area contributed by atoms with Gasteiger partial charge in [0.2, 0.25) is 0 Å². The molecular formula is C22H29N3O4. The van der Waals surface area contributed by atoms with Crippen molar-refractivity contribution in [1.29, 1.82) is 0 Å². The van der Waals surface area contributed by atoms with Crippen molar-refractivity contribution in [2.24, 2.45) is 11.8 Å². The average Bonchev–Trinajstić information content (AvgIpc) is 3.14. The van der Waals surface area contributed by atoms with Crippen LogP contribution in [0.5, 0.6) is 0 Å². The number of benzene rings is 1. The molecule has 1 aliphatic carbocycles. The SMILES string of the molecule is C[C@H](CNC(=O)OC(C)(C)C)C[C@@H]1CC1(C(=O)O)c1cn(-c2ccccc2)cn1. The van der Waals surface area contributed by atoms with Crippen LogP contribution in [0.1, 0.15) is 46.2 Å². The third-order valence-corrected chi connectivity index (χ3v) is 5.26. The van der Waals surface area contributed by atoms with Gasteiger partial charge in [0.15, 0.2) is 0 Å². The minimum absolute atomic E-state index is 0.00504. The van der Waals surface area contributed by atoms with Crippen LogP contribution in [-0.4, -0.2) is 38.9 Å². The lowest BCUT2D eigenvalue weighted by Crippen LogP contribution is -2.35. The molecular weight excluding hydrogens is 370 g/mol. The first-order chi connectivity index (χ1) is 13.6. The maximum atomic E-state index is 12.1. The summed E-state index contributed by atoms with van der Waals surface area (Å²) in [6.07, 6.45) is 4.28. The summed E-state index contributed by atoms with van der Waals surface area (Å²) < 4.78 is 7.10. The van der Waals surface area contributed by atoms with Crippen molar-refractivity contribution in [3.8, 4) is 5.69 Å². The molecule has 156 valence electrons. The Morgan fingerprint density at radius 3 is 2.66 bits per heavy atom. The minimum Gasteiger partial charge on any atom is -0.481 e. The van der Waals surface area contributed by atoms with Crippen LogP contribution in [0.3, 0.4) is 0 Å². The zero-order valence-corrected chi connectivity index (χ0v) is 17.4. The molecule has 7 heteroatoms. The van der Waals surface area contributed by atoms with Gasteiger partial charge in [0.1, 0.15) is 11.0 Å². The first kappa shape index (κ1) is 20.9. The highest BCUT2D eigenvalue weighted by molar-refractivity contribution is 5.85. The van der Waals surface area contributed by atoms with Gasteiger partial charge in [-0.1, -0.05) is 25.1 Å². The molecule has 2 N–H and O–H groups in total. The molecule has 7 nitrogen and oxygen atoms in total. The number of hydrogen-bond donors (Lipinski definition) is 2. The summed E-state index contributed by atoms with van der Waals surface area (Å²) >= 11 is 0. The highest BCUT2D eigenvalue weighted by Crippen LogP contribution is 2.56. The fourth-order valence-corrected chi connectivity index (χ4v) is 3.73. The highest BCUT2D eigenvalue weighted by atomic mass is 16.6. The van der Waals surface area contributed by atoms with Gasteiger partial charge in [-0.05, 0) is 57.6 Å². The summed E-state index contributed by atoms with van der Waals surface area (Å²) in [5.41, 5.74) is 0.0464. The van der Waals surface area contributed by atoms with E-state index in [1.165, 1.54) is 0 Å². The molecule has 0 radical (unpaired) electrons. The third kappa shape index (κ3) is 4.78. The molecule has 1 aromatic carbocycles. The van der Waals surface area contributed by atoms with Crippen molar-refractivity contribution >= 4 is 12.1 Å². The summed E-state index contributed by atoms with van der Waals surface area (Å²) in [5, 5.41) is 12.7. The Morgan fingerprint density at radius 2 is 2.03 bits per heavy atom. The normalized spacial score (nSPS) is 22.0. The van der Waals surface area contributed by atoms with Gasteiger partial charge < -0.3 is 19.7 Å². The smallest absolute Gasteiger partial charge is 0.407 e. The number of rotatable bonds is 7. The Balaban J connectivity index is 1.62. The molecule has 1 aromatic heterocycles. The summed E-state index contributed by atoms with van der Waals surface area (Å²) in [7, 11) is 0. The van der Waals surface area contributed by atoms with Gasteiger partial charge in [-0.25, -0.2) is 9.78 Å². The summed E-state index contributed by atoms with van der Waals surface area (Å²) in [6.45, 7) is 7.90. The molecule has 0 bridgehead atoms. The standard InChI is InChI=1S/C22H29N3O4/c1-15(12-23-20(28)29-21(2,3)4)10-16-11-22(16,19(26)27)18-13-25(14-24-18)17-8-6-5-7-9-17/h5-9,13-16H,10-12H2,1-4H3,(H,23,28)(H,26,27)/t15-,16+,22?/m0/s1. The number of imidazole rings is 1. The monoisotopic (exact) mass is 399 g/mol. The first-order valence-electron chi connectivity index (χ1n) is 9.92. The molecule has 1 amide bonds. The number of ether oxygens (including phenoxy) is 1. The van der Waals surface area contributed by atoms with Crippen LogP contribution in [0.4, 0.5) is 4.79 Å². The van der Waals surface area contributed by atoms with Gasteiger partial charge in [0, 0.05) is 18.4 Å². The van der Waals surface area contributed by atoms with E-state index in [9.17, 15) is 14.7 Å². The molecule has 3 atom stereocenters. The zero-order valence-electron chi connectivity index (χ0n) is 17.4. The van der Waals surface area contributed by atoms with Crippen LogP contribution in [0.2, 0.25) is 0 Å². The molecule has 1 fully saturated rings. The third-order valence-electron chi connectivity index (χ3n) is 5.26. The lowest BCUT2D eigenvalue weighted by molar-refractivity contribution is -0.140. The average molecular weight is 399 g/mol. The van der Waals surface area contributed by atoms with Gasteiger partial charge in [-0.2, -0.15) is 0 Å². The van der Waals surface area contributed by atoms with E-state index in [-0.39, 0.29) is 11.8 Å². The maximum Gasteiger partial charge on any atom is 0.407 e. The van der Waals surface area contributed by atoms with Crippen LogP contribution in [-0.2, 0) is 14.9 Å². The van der Waals surface area contributed by atoms with Crippen LogP contribution < -0.4 is 5.32 Å². The van der Waals surface area contributed by atoms with Crippen LogP contribution in [0, 0.1) is 11.8 Å². The molecule has 1 unspecified atom stereocenters. The number of aromatic nitrogens is 2. The molecule has 29 heavy (non-hydrogen) atoms. The zero-order chi connectivity index (χ0) is 21.2. The van der Waals surface area contributed by atoms with Crippen molar-refractivity contribution in [3.63, 3.8) is 0 Å². The van der Waals surface area contributed by atoms with Crippen molar-refractivity contribution in [3.05, 3.63) is 48.5 Å². The Bertz CT molecular complexity index is 872. The van der Waals surface area contributed by atoms with Gasteiger partial charge in [-0.3, -0.25) is 4.79 Å². The van der Waals surface area contributed by atoms with E-state index in [4.69, 9.17) is 4.74 Å². The molecule has 0 spiro atoms. The molecule has 2 aromatic rings. The molecule has 1 aliphatic rings. The van der Waals surface area contributed by atoms with E-state index < -0.39 is 23.1 Å². The number of carbonyl (C=O) groups excluding carboxylic acids is 1. The summed E-state index contributed by atoms with van der Waals surface area (Å²) in [4.78, 5) is 28.3. The Labute approximate surface area is 171 Å². The van der Waals surface area contributed by atoms with Gasteiger partial charge in [0.25, 0.3) is 0 Å². The van der Waals surface area contributed by atoms with E-state index in [1.807, 2.05) is 68.8 Å². The molecule has 0 saturated heterocycles. The summed E-state index contributed by atoms with van der Waals surface area (Å²) in [5.74, 6) is -0.715. The van der Waals surface area contributed by atoms with Crippen LogP contribution >= 0.6 is 0 Å². The second-order valence-corrected chi connectivity index (χ2v) is 8.90. The number of aliphatic carboxylic acids is 1. The number of nitrogens with one attached hydrogen (secondary N) is 1. The van der Waals surface area contributed by atoms with Crippen LogP contribution in [0.25, 0.3) is 5.69 Å². The fraction of sp³-hybridized carbons (Fsp3) is 0.500. The Hall–Kier alpha value is -2.83. The van der Waals surface area contributed by atoms with E-state index in [0.717, 1.165) is 5.69 Å². The number of nitrogens with zero attached hydrogens (tertiary/aromatic N) is 2. The Kier molecular flexibility index (Phi) is 5.68. The lowest BCUT2D eigenvalue weighted by Gasteiger charge is -2.21. The van der Waals surface area contributed by atoms with Crippen molar-refractivity contribution in [2.75, 3.05) is 6.54 Å². The number of hydrogen-bond acceptors (Lipinski definition) is 4. The topological polar surface area (TPSA) is 93.5 Å². The number of carbonyl (C=O) groups is 2. The molecule has 1 heterocycles. The fourth-order valence-electron chi connectivity index (χ4n) is 3.73. The van der Waals surface area contributed by atoms with E-state index in [0.29, 0.717) is 25.1 Å². The number of para-hydroxylation sites is 1. The quantitative estimate of drug-likeness (QED) is 0.739. The van der Waals surface area contributed by atoms with E-state index in [2.05, 4.69) is 10.3 Å². The van der Waals surface area contributed by atoms with Crippen LogP contribution in [0.15, 0.2) is 42.9 Å². The largest absolute Gasteiger partial charge is 0.481 e. The van der Waals surface area contributed by atoms with Crippen molar-refractivity contribution in [2.45, 2.75) is 51.6 Å². The van der Waals surface area contributed by atoms with Crippen molar-refractivity contribution in [1.82, 2.24) is 14.9 Å². The highest BCUT2D eigenvalue weighted by Gasteiger charge is 2.62. The maximum absolute atomic E-state index is 12.1. The second-order valence-electron chi connectivity index (χ2n) is 8.90. The predicted molar refractivity (Wildman–Crippen MR) is 109 cm³/mol. The number of amides is 1. The van der Waals surface area contributed by atoms with Gasteiger partial charge in [-0.15, -0.1) is 0 Å².